The number of benzene rings is 2. The molecule has 0 spiro atoms. The van der Waals surface area contributed by atoms with E-state index in [1.807, 2.05) is 24.3 Å². The quantitative estimate of drug-likeness (QED) is 0.348. The predicted octanol–water partition coefficient (Wildman–Crippen LogP) is 1.64. The number of nitrogens with one attached hydrogen (secondary N) is 4. The molecule has 4 N–H and O–H groups in total. The Labute approximate surface area is 168 Å². The molecule has 0 bridgehead atoms. The summed E-state index contributed by atoms with van der Waals surface area (Å²) < 4.78 is 26.4. The number of amides is 2. The van der Waals surface area contributed by atoms with Crippen LogP contribution in [-0.4, -0.2) is 31.8 Å². The third kappa shape index (κ3) is 4.89. The van der Waals surface area contributed by atoms with E-state index in [9.17, 15) is 18.0 Å². The summed E-state index contributed by atoms with van der Waals surface area (Å²) in [6, 6.07) is 13.0. The van der Waals surface area contributed by atoms with Crippen LogP contribution in [0.2, 0.25) is 0 Å². The normalized spacial score (nSPS) is 11.2. The molecule has 0 saturated carbocycles. The average Bonchev–Trinajstić information content (AvgIpc) is 3.13. The number of carbonyl (C=O) groups excluding carboxylic acids is 2. The minimum absolute atomic E-state index is 0.0271. The highest BCUT2D eigenvalue weighted by atomic mass is 32.2. The molecule has 0 unspecified atom stereocenters. The number of hydrazine groups is 1. The third-order valence-electron chi connectivity index (χ3n) is 4.19. The number of rotatable bonds is 7. The monoisotopic (exact) mass is 412 g/mol. The van der Waals surface area contributed by atoms with Gasteiger partial charge in [-0.15, -0.1) is 6.58 Å². The van der Waals surface area contributed by atoms with Crippen molar-refractivity contribution in [1.29, 1.82) is 0 Å². The van der Waals surface area contributed by atoms with E-state index in [-0.39, 0.29) is 29.3 Å². The van der Waals surface area contributed by atoms with Crippen LogP contribution in [0.5, 0.6) is 0 Å². The van der Waals surface area contributed by atoms with Gasteiger partial charge in [-0.05, 0) is 35.9 Å². The molecule has 2 aromatic carbocycles. The zero-order valence-corrected chi connectivity index (χ0v) is 16.3. The molecule has 8 nitrogen and oxygen atoms in total. The standard InChI is InChI=1S/C20H20N4O4S/c1-2-11-22-29(27,28)16-9-7-14(8-10-16)20(26)24-23-19(25)12-15-13-21-18-6-4-3-5-17(15)18/h2-10,13,21-22H,1,11-12H2,(H,23,25)(H,24,26). The fraction of sp³-hybridized carbons (Fsp3) is 0.100. The van der Waals surface area contributed by atoms with Gasteiger partial charge in [-0.1, -0.05) is 24.3 Å². The van der Waals surface area contributed by atoms with Crippen LogP contribution in [-0.2, 0) is 21.2 Å². The predicted molar refractivity (Wildman–Crippen MR) is 109 cm³/mol. The first kappa shape index (κ1) is 20.3. The highest BCUT2D eigenvalue weighted by Crippen LogP contribution is 2.17. The van der Waals surface area contributed by atoms with Crippen LogP contribution in [0.15, 0.2) is 72.3 Å². The van der Waals surface area contributed by atoms with Gasteiger partial charge >= 0.3 is 0 Å². The second-order valence-corrected chi connectivity index (χ2v) is 7.97. The lowest BCUT2D eigenvalue weighted by Crippen LogP contribution is -2.42. The van der Waals surface area contributed by atoms with Gasteiger partial charge in [0.25, 0.3) is 5.91 Å². The van der Waals surface area contributed by atoms with Crippen molar-refractivity contribution in [2.45, 2.75) is 11.3 Å². The minimum atomic E-state index is -3.66. The Balaban J connectivity index is 1.57. The van der Waals surface area contributed by atoms with E-state index in [4.69, 9.17) is 0 Å². The van der Waals surface area contributed by atoms with Gasteiger partial charge in [-0.25, -0.2) is 13.1 Å². The first-order valence-corrected chi connectivity index (χ1v) is 10.2. The Bertz CT molecular complexity index is 1150. The summed E-state index contributed by atoms with van der Waals surface area (Å²) in [5, 5.41) is 0.941. The number of aromatic nitrogens is 1. The van der Waals surface area contributed by atoms with Gasteiger partial charge in [0.1, 0.15) is 0 Å². The fourth-order valence-corrected chi connectivity index (χ4v) is 3.73. The van der Waals surface area contributed by atoms with Gasteiger partial charge in [0, 0.05) is 29.2 Å². The summed E-state index contributed by atoms with van der Waals surface area (Å²) in [6.07, 6.45) is 3.28. The molecule has 9 heteroatoms. The van der Waals surface area contributed by atoms with Crippen LogP contribution in [0.3, 0.4) is 0 Å². The molecule has 1 heterocycles. The molecule has 0 atom stereocenters. The SMILES string of the molecule is C=CCNS(=O)(=O)c1ccc(C(=O)NNC(=O)Cc2c[nH]c3ccccc23)cc1. The second kappa shape index (κ2) is 8.72. The summed E-state index contributed by atoms with van der Waals surface area (Å²) in [7, 11) is -3.66. The number of H-pyrrole nitrogens is 1. The smallest absolute Gasteiger partial charge is 0.269 e. The zero-order chi connectivity index (χ0) is 20.9. The van der Waals surface area contributed by atoms with Crippen molar-refractivity contribution in [3.05, 3.63) is 78.5 Å². The van der Waals surface area contributed by atoms with Crippen LogP contribution < -0.4 is 15.6 Å². The van der Waals surface area contributed by atoms with Gasteiger partial charge in [0.05, 0.1) is 11.3 Å². The average molecular weight is 412 g/mol. The lowest BCUT2D eigenvalue weighted by atomic mass is 10.1. The number of sulfonamides is 1. The molecule has 150 valence electrons. The van der Waals surface area contributed by atoms with E-state index < -0.39 is 15.9 Å². The molecule has 1 aromatic heterocycles. The highest BCUT2D eigenvalue weighted by molar-refractivity contribution is 7.89. The van der Waals surface area contributed by atoms with E-state index in [1.165, 1.54) is 30.3 Å². The number of hydrogen-bond donors (Lipinski definition) is 4. The Kier molecular flexibility index (Phi) is 6.10. The van der Waals surface area contributed by atoms with Crippen molar-refractivity contribution >= 4 is 32.7 Å². The van der Waals surface area contributed by atoms with Crippen molar-refractivity contribution in [2.75, 3.05) is 6.54 Å². The molecule has 0 aliphatic heterocycles. The van der Waals surface area contributed by atoms with Crippen molar-refractivity contribution in [3.8, 4) is 0 Å². The maximum absolute atomic E-state index is 12.2. The number of carbonyl (C=O) groups is 2. The van der Waals surface area contributed by atoms with E-state index >= 15 is 0 Å². The van der Waals surface area contributed by atoms with Crippen LogP contribution in [0.25, 0.3) is 10.9 Å². The second-order valence-electron chi connectivity index (χ2n) is 6.20. The molecule has 0 saturated heterocycles. The number of aromatic amines is 1. The minimum Gasteiger partial charge on any atom is -0.361 e. The van der Waals surface area contributed by atoms with Gasteiger partial charge in [0.2, 0.25) is 15.9 Å². The zero-order valence-electron chi connectivity index (χ0n) is 15.4. The van der Waals surface area contributed by atoms with E-state index in [2.05, 4.69) is 27.1 Å². The Morgan fingerprint density at radius 2 is 1.76 bits per heavy atom. The van der Waals surface area contributed by atoms with Crippen molar-refractivity contribution in [1.82, 2.24) is 20.6 Å². The van der Waals surface area contributed by atoms with Crippen molar-refractivity contribution < 1.29 is 18.0 Å². The number of fused-ring (bicyclic) bond motifs is 1. The number of para-hydroxylation sites is 1. The molecule has 0 radical (unpaired) electrons. The lowest BCUT2D eigenvalue weighted by Gasteiger charge is -2.08. The van der Waals surface area contributed by atoms with Gasteiger partial charge in [-0.2, -0.15) is 0 Å². The Hall–Kier alpha value is -3.43. The summed E-state index contributed by atoms with van der Waals surface area (Å²) in [6.45, 7) is 3.56. The third-order valence-corrected chi connectivity index (χ3v) is 5.63. The first-order chi connectivity index (χ1) is 13.9. The molecular weight excluding hydrogens is 392 g/mol. The van der Waals surface area contributed by atoms with E-state index in [0.29, 0.717) is 0 Å². The summed E-state index contributed by atoms with van der Waals surface area (Å²) in [5.74, 6) is -0.934. The van der Waals surface area contributed by atoms with E-state index in [0.717, 1.165) is 16.5 Å². The van der Waals surface area contributed by atoms with Crippen LogP contribution in [0.1, 0.15) is 15.9 Å². The van der Waals surface area contributed by atoms with Gasteiger partial charge < -0.3 is 4.98 Å². The molecule has 0 aliphatic rings. The van der Waals surface area contributed by atoms with Crippen molar-refractivity contribution in [2.24, 2.45) is 0 Å². The molecule has 0 fully saturated rings. The number of hydrogen-bond acceptors (Lipinski definition) is 4. The molecular formula is C20H20N4O4S. The van der Waals surface area contributed by atoms with Crippen LogP contribution in [0, 0.1) is 0 Å². The van der Waals surface area contributed by atoms with Crippen LogP contribution in [0.4, 0.5) is 0 Å². The molecule has 0 aliphatic carbocycles. The summed E-state index contributed by atoms with van der Waals surface area (Å²) in [5.41, 5.74) is 6.64. The Morgan fingerprint density at radius 1 is 1.03 bits per heavy atom. The van der Waals surface area contributed by atoms with E-state index in [1.54, 1.807) is 6.20 Å². The van der Waals surface area contributed by atoms with Gasteiger partial charge in [-0.3, -0.25) is 20.4 Å². The maximum Gasteiger partial charge on any atom is 0.269 e. The highest BCUT2D eigenvalue weighted by Gasteiger charge is 2.14. The van der Waals surface area contributed by atoms with Crippen molar-refractivity contribution in [3.63, 3.8) is 0 Å². The fourth-order valence-electron chi connectivity index (χ4n) is 2.73. The lowest BCUT2D eigenvalue weighted by molar-refractivity contribution is -0.121. The summed E-state index contributed by atoms with van der Waals surface area (Å²) in [4.78, 5) is 27.4. The molecule has 3 rings (SSSR count). The maximum atomic E-state index is 12.2. The van der Waals surface area contributed by atoms with Gasteiger partial charge in [0.15, 0.2) is 0 Å². The first-order valence-electron chi connectivity index (χ1n) is 8.75. The largest absolute Gasteiger partial charge is 0.361 e. The molecule has 29 heavy (non-hydrogen) atoms. The topological polar surface area (TPSA) is 120 Å². The molecule has 2 amide bonds. The molecule has 3 aromatic rings. The summed E-state index contributed by atoms with van der Waals surface area (Å²) >= 11 is 0. The van der Waals surface area contributed by atoms with Crippen LogP contribution >= 0.6 is 0 Å². The Morgan fingerprint density at radius 3 is 2.48 bits per heavy atom.